The van der Waals surface area contributed by atoms with Crippen molar-refractivity contribution in [3.05, 3.63) is 0 Å². The van der Waals surface area contributed by atoms with Gasteiger partial charge in [-0.25, -0.2) is 0 Å². The standard InChI is InChI=1S/C18H42OSi2/c1-11-13-20(15(3)4,16(5)6)19-21(14-12-2,17(7)8)18(9)10/h15-18H,11-14H2,1-10H3. The van der Waals surface area contributed by atoms with Crippen molar-refractivity contribution >= 4 is 16.6 Å². The van der Waals surface area contributed by atoms with E-state index in [1.807, 2.05) is 0 Å². The van der Waals surface area contributed by atoms with Gasteiger partial charge in [0.05, 0.1) is 0 Å². The molecule has 0 saturated heterocycles. The van der Waals surface area contributed by atoms with E-state index < -0.39 is 16.6 Å². The lowest BCUT2D eigenvalue weighted by Gasteiger charge is -2.50. The second kappa shape index (κ2) is 8.88. The van der Waals surface area contributed by atoms with Crippen LogP contribution >= 0.6 is 0 Å². The Bertz CT molecular complexity index is 241. The Morgan fingerprint density at radius 2 is 0.810 bits per heavy atom. The highest BCUT2D eigenvalue weighted by Gasteiger charge is 2.51. The predicted molar refractivity (Wildman–Crippen MR) is 103 cm³/mol. The van der Waals surface area contributed by atoms with E-state index >= 15 is 0 Å². The SMILES string of the molecule is CCC[Si](O[Si](CCC)(C(C)C)C(C)C)(C(C)C)C(C)C. The number of hydrogen-bond donors (Lipinski definition) is 0. The van der Waals surface area contributed by atoms with E-state index in [-0.39, 0.29) is 0 Å². The van der Waals surface area contributed by atoms with Gasteiger partial charge in [0.25, 0.3) is 0 Å². The number of rotatable bonds is 10. The fraction of sp³-hybridized carbons (Fsp3) is 1.00. The third-order valence-electron chi connectivity index (χ3n) is 5.57. The van der Waals surface area contributed by atoms with Crippen LogP contribution in [0.25, 0.3) is 0 Å². The van der Waals surface area contributed by atoms with Crippen molar-refractivity contribution in [2.24, 2.45) is 0 Å². The van der Waals surface area contributed by atoms with Gasteiger partial charge in [0.1, 0.15) is 0 Å². The Balaban J connectivity index is 5.79. The summed E-state index contributed by atoms with van der Waals surface area (Å²) in [6.07, 6.45) is 2.55. The highest BCUT2D eigenvalue weighted by Crippen LogP contribution is 2.47. The fourth-order valence-electron chi connectivity index (χ4n) is 4.20. The van der Waals surface area contributed by atoms with Crippen LogP contribution in [0.2, 0.25) is 34.3 Å². The summed E-state index contributed by atoms with van der Waals surface area (Å²) < 4.78 is 7.43. The molecular formula is C18H42OSi2. The third kappa shape index (κ3) is 4.68. The van der Waals surface area contributed by atoms with Crippen LogP contribution in [0, 0.1) is 0 Å². The quantitative estimate of drug-likeness (QED) is 0.380. The third-order valence-corrected chi connectivity index (χ3v) is 19.0. The maximum absolute atomic E-state index is 7.43. The molecule has 0 aliphatic heterocycles. The smallest absolute Gasteiger partial charge is 0.184 e. The van der Waals surface area contributed by atoms with Crippen LogP contribution in [0.1, 0.15) is 82.1 Å². The molecule has 0 aromatic carbocycles. The molecule has 0 radical (unpaired) electrons. The molecule has 0 atom stereocenters. The average molecular weight is 331 g/mol. The van der Waals surface area contributed by atoms with Crippen LogP contribution in [0.3, 0.4) is 0 Å². The summed E-state index contributed by atoms with van der Waals surface area (Å²) in [4.78, 5) is 0. The van der Waals surface area contributed by atoms with E-state index in [1.165, 1.54) is 24.9 Å². The van der Waals surface area contributed by atoms with Crippen LogP contribution in [0.15, 0.2) is 0 Å². The van der Waals surface area contributed by atoms with Crippen molar-refractivity contribution in [1.29, 1.82) is 0 Å². The highest BCUT2D eigenvalue weighted by molar-refractivity contribution is 6.89. The van der Waals surface area contributed by atoms with Crippen molar-refractivity contribution in [2.75, 3.05) is 0 Å². The van der Waals surface area contributed by atoms with Crippen LogP contribution in [0.4, 0.5) is 0 Å². The second-order valence-corrected chi connectivity index (χ2v) is 18.4. The Morgan fingerprint density at radius 1 is 0.571 bits per heavy atom. The molecule has 0 unspecified atom stereocenters. The van der Waals surface area contributed by atoms with Gasteiger partial charge in [-0.2, -0.15) is 0 Å². The van der Waals surface area contributed by atoms with Gasteiger partial charge in [0.2, 0.25) is 0 Å². The van der Waals surface area contributed by atoms with Gasteiger partial charge in [0, 0.05) is 0 Å². The summed E-state index contributed by atoms with van der Waals surface area (Å²) in [6, 6.07) is 2.67. The molecule has 0 fully saturated rings. The Kier molecular flexibility index (Phi) is 9.04. The molecule has 0 aromatic rings. The summed E-state index contributed by atoms with van der Waals surface area (Å²) in [7, 11) is -3.37. The van der Waals surface area contributed by atoms with Crippen LogP contribution in [0.5, 0.6) is 0 Å². The first-order valence-electron chi connectivity index (χ1n) is 9.30. The minimum atomic E-state index is -1.69. The van der Waals surface area contributed by atoms with E-state index in [0.29, 0.717) is 0 Å². The molecule has 0 aromatic heterocycles. The summed E-state index contributed by atoms with van der Waals surface area (Å²) in [5.74, 6) is 0. The van der Waals surface area contributed by atoms with Gasteiger partial charge in [-0.3, -0.25) is 0 Å². The molecule has 1 nitrogen and oxygen atoms in total. The van der Waals surface area contributed by atoms with E-state index in [0.717, 1.165) is 22.2 Å². The topological polar surface area (TPSA) is 9.23 Å². The number of hydrogen-bond acceptors (Lipinski definition) is 1. The van der Waals surface area contributed by atoms with Crippen LogP contribution < -0.4 is 0 Å². The molecule has 0 spiro atoms. The fourth-order valence-corrected chi connectivity index (χ4v) is 18.2. The van der Waals surface area contributed by atoms with Gasteiger partial charge in [0.15, 0.2) is 16.6 Å². The zero-order valence-electron chi connectivity index (χ0n) is 16.5. The Hall–Kier alpha value is 0.394. The van der Waals surface area contributed by atoms with Crippen LogP contribution in [-0.4, -0.2) is 16.6 Å². The average Bonchev–Trinajstić information content (AvgIpc) is 2.35. The monoisotopic (exact) mass is 330 g/mol. The van der Waals surface area contributed by atoms with E-state index in [1.54, 1.807) is 0 Å². The lowest BCUT2D eigenvalue weighted by molar-refractivity contribution is 0.445. The van der Waals surface area contributed by atoms with Gasteiger partial charge < -0.3 is 4.12 Å². The lowest BCUT2D eigenvalue weighted by Crippen LogP contribution is -2.57. The van der Waals surface area contributed by atoms with Crippen LogP contribution in [-0.2, 0) is 4.12 Å². The molecule has 0 N–H and O–H groups in total. The van der Waals surface area contributed by atoms with Gasteiger partial charge in [-0.15, -0.1) is 0 Å². The van der Waals surface area contributed by atoms with Crippen molar-refractivity contribution in [1.82, 2.24) is 0 Å². The van der Waals surface area contributed by atoms with Gasteiger partial charge >= 0.3 is 0 Å². The normalized spacial score (nSPS) is 14.0. The molecule has 0 bridgehead atoms. The van der Waals surface area contributed by atoms with Gasteiger partial charge in [-0.1, -0.05) is 82.1 Å². The molecule has 0 rings (SSSR count). The predicted octanol–water partition coefficient (Wildman–Crippen LogP) is 7.35. The maximum atomic E-state index is 7.43. The molecule has 3 heteroatoms. The Labute approximate surface area is 137 Å². The minimum Gasteiger partial charge on any atom is -0.454 e. The second-order valence-electron chi connectivity index (χ2n) is 8.13. The molecule has 0 heterocycles. The zero-order chi connectivity index (χ0) is 16.8. The van der Waals surface area contributed by atoms with E-state index in [2.05, 4.69) is 69.2 Å². The van der Waals surface area contributed by atoms with E-state index in [9.17, 15) is 0 Å². The molecule has 21 heavy (non-hydrogen) atoms. The summed E-state index contributed by atoms with van der Waals surface area (Å²) in [5.41, 5.74) is 2.88. The maximum Gasteiger partial charge on any atom is 0.184 e. The van der Waals surface area contributed by atoms with Gasteiger partial charge in [-0.05, 0) is 34.3 Å². The lowest BCUT2D eigenvalue weighted by atomic mass is 10.5. The molecular weight excluding hydrogens is 288 g/mol. The van der Waals surface area contributed by atoms with Crippen molar-refractivity contribution in [3.63, 3.8) is 0 Å². The zero-order valence-corrected chi connectivity index (χ0v) is 18.5. The van der Waals surface area contributed by atoms with Crippen molar-refractivity contribution < 1.29 is 4.12 Å². The first-order chi connectivity index (χ1) is 9.60. The first-order valence-corrected chi connectivity index (χ1v) is 13.8. The molecule has 0 amide bonds. The largest absolute Gasteiger partial charge is 0.454 e. The summed E-state index contributed by atoms with van der Waals surface area (Å²) in [6.45, 7) is 24.1. The highest BCUT2D eigenvalue weighted by atomic mass is 28.4. The molecule has 0 aliphatic carbocycles. The first kappa shape index (κ1) is 21.4. The van der Waals surface area contributed by atoms with E-state index in [4.69, 9.17) is 4.12 Å². The summed E-state index contributed by atoms with van der Waals surface area (Å²) in [5, 5.41) is 0. The molecule has 128 valence electrons. The van der Waals surface area contributed by atoms with Crippen molar-refractivity contribution in [3.8, 4) is 0 Å². The van der Waals surface area contributed by atoms with Crippen molar-refractivity contribution in [2.45, 2.75) is 116 Å². The Morgan fingerprint density at radius 3 is 0.952 bits per heavy atom. The molecule has 0 saturated carbocycles. The molecule has 0 aliphatic rings. The minimum absolute atomic E-state index is 0.721. The summed E-state index contributed by atoms with van der Waals surface area (Å²) >= 11 is 0.